The molecule has 136 valence electrons. The van der Waals surface area contributed by atoms with E-state index in [1.807, 2.05) is 19.1 Å². The smallest absolute Gasteiger partial charge is 0.243 e. The first-order chi connectivity index (χ1) is 10.8. The normalized spacial score (nSPS) is 11.5. The molecule has 0 aliphatic heterocycles. The number of carbonyl (C=O) groups excluding carboxylic acids is 1. The maximum Gasteiger partial charge on any atom is 0.243 e. The van der Waals surface area contributed by atoms with Crippen LogP contribution in [0.5, 0.6) is 0 Å². The third-order valence-electron chi connectivity index (χ3n) is 3.52. The van der Waals surface area contributed by atoms with Gasteiger partial charge in [0.25, 0.3) is 0 Å². The monoisotopic (exact) mass is 510 g/mol. The molecule has 0 unspecified atom stereocenters. The Labute approximate surface area is 170 Å². The summed E-state index contributed by atoms with van der Waals surface area (Å²) in [5.74, 6) is 0.638. The van der Waals surface area contributed by atoms with Gasteiger partial charge in [0.1, 0.15) is 6.54 Å². The molecule has 0 aliphatic rings. The maximum absolute atomic E-state index is 11.7. The average Bonchev–Trinajstić information content (AvgIpc) is 2.49. The molecule has 1 aromatic carbocycles. The molecule has 1 aromatic rings. The Morgan fingerprint density at radius 2 is 1.96 bits per heavy atom. The SMILES string of the molecule is CCNC(=NCC(=O)N(C)C)NCC(C)(C)c1cccc(Br)c1.I. The van der Waals surface area contributed by atoms with E-state index in [2.05, 4.69) is 57.5 Å². The van der Waals surface area contributed by atoms with Crippen LogP contribution in [0, 0.1) is 0 Å². The van der Waals surface area contributed by atoms with E-state index in [1.165, 1.54) is 5.56 Å². The fraction of sp³-hybridized carbons (Fsp3) is 0.529. The molecule has 0 bridgehead atoms. The van der Waals surface area contributed by atoms with Crippen molar-refractivity contribution in [2.45, 2.75) is 26.2 Å². The van der Waals surface area contributed by atoms with E-state index in [0.29, 0.717) is 12.5 Å². The van der Waals surface area contributed by atoms with Gasteiger partial charge < -0.3 is 15.5 Å². The number of carbonyl (C=O) groups is 1. The van der Waals surface area contributed by atoms with Gasteiger partial charge in [-0.2, -0.15) is 0 Å². The van der Waals surface area contributed by atoms with E-state index in [0.717, 1.165) is 11.0 Å². The minimum Gasteiger partial charge on any atom is -0.357 e. The van der Waals surface area contributed by atoms with Gasteiger partial charge >= 0.3 is 0 Å². The standard InChI is InChI=1S/C17H27BrN4O.HI/c1-6-19-16(20-11-15(23)22(4)5)21-12-17(2,3)13-8-7-9-14(18)10-13;/h7-10H,6,11-12H2,1-5H3,(H2,19,20,21);1H. The van der Waals surface area contributed by atoms with Gasteiger partial charge in [-0.1, -0.05) is 41.9 Å². The second-order valence-electron chi connectivity index (χ2n) is 6.23. The summed E-state index contributed by atoms with van der Waals surface area (Å²) >= 11 is 3.52. The van der Waals surface area contributed by atoms with Crippen LogP contribution < -0.4 is 10.6 Å². The topological polar surface area (TPSA) is 56.7 Å². The van der Waals surface area contributed by atoms with Crippen LogP contribution in [-0.4, -0.2) is 50.5 Å². The van der Waals surface area contributed by atoms with Gasteiger partial charge in [-0.25, -0.2) is 4.99 Å². The Kier molecular flexibility index (Phi) is 10.5. The highest BCUT2D eigenvalue weighted by atomic mass is 127. The number of rotatable bonds is 6. The average molecular weight is 511 g/mol. The first-order valence-electron chi connectivity index (χ1n) is 7.74. The molecule has 24 heavy (non-hydrogen) atoms. The van der Waals surface area contributed by atoms with E-state index in [9.17, 15) is 4.79 Å². The second kappa shape index (κ2) is 10.9. The number of halogens is 2. The highest BCUT2D eigenvalue weighted by Crippen LogP contribution is 2.24. The zero-order chi connectivity index (χ0) is 17.5. The predicted octanol–water partition coefficient (Wildman–Crippen LogP) is 2.99. The van der Waals surface area contributed by atoms with Crippen molar-refractivity contribution in [2.24, 2.45) is 4.99 Å². The Bertz CT molecular complexity index is 561. The minimum atomic E-state index is -0.0640. The van der Waals surface area contributed by atoms with Crippen molar-refractivity contribution in [1.82, 2.24) is 15.5 Å². The number of hydrogen-bond acceptors (Lipinski definition) is 2. The van der Waals surface area contributed by atoms with Gasteiger partial charge in [-0.05, 0) is 24.6 Å². The molecule has 2 N–H and O–H groups in total. The lowest BCUT2D eigenvalue weighted by Gasteiger charge is -2.27. The van der Waals surface area contributed by atoms with E-state index < -0.39 is 0 Å². The van der Waals surface area contributed by atoms with Crippen molar-refractivity contribution < 1.29 is 4.79 Å². The van der Waals surface area contributed by atoms with Crippen LogP contribution >= 0.6 is 39.9 Å². The van der Waals surface area contributed by atoms with E-state index in [1.54, 1.807) is 19.0 Å². The van der Waals surface area contributed by atoms with Crippen molar-refractivity contribution in [3.8, 4) is 0 Å². The van der Waals surface area contributed by atoms with Gasteiger partial charge in [-0.15, -0.1) is 24.0 Å². The van der Waals surface area contributed by atoms with Crippen molar-refractivity contribution in [2.75, 3.05) is 33.7 Å². The zero-order valence-corrected chi connectivity index (χ0v) is 18.9. The zero-order valence-electron chi connectivity index (χ0n) is 15.0. The quantitative estimate of drug-likeness (QED) is 0.351. The van der Waals surface area contributed by atoms with Crippen LogP contribution in [0.2, 0.25) is 0 Å². The highest BCUT2D eigenvalue weighted by Gasteiger charge is 2.21. The lowest BCUT2D eigenvalue weighted by atomic mass is 9.85. The fourth-order valence-corrected chi connectivity index (χ4v) is 2.35. The molecule has 0 radical (unpaired) electrons. The summed E-state index contributed by atoms with van der Waals surface area (Å²) in [6.45, 7) is 7.96. The van der Waals surface area contributed by atoms with Crippen molar-refractivity contribution in [1.29, 1.82) is 0 Å². The van der Waals surface area contributed by atoms with E-state index >= 15 is 0 Å². The lowest BCUT2D eigenvalue weighted by molar-refractivity contribution is -0.127. The van der Waals surface area contributed by atoms with Crippen molar-refractivity contribution in [3.63, 3.8) is 0 Å². The third kappa shape index (κ3) is 7.83. The number of likely N-dealkylation sites (N-methyl/N-ethyl adjacent to an activating group) is 1. The van der Waals surface area contributed by atoms with Gasteiger partial charge in [0.15, 0.2) is 5.96 Å². The summed E-state index contributed by atoms with van der Waals surface area (Å²) in [6.07, 6.45) is 0. The lowest BCUT2D eigenvalue weighted by Crippen LogP contribution is -2.44. The fourth-order valence-electron chi connectivity index (χ4n) is 1.95. The van der Waals surface area contributed by atoms with Gasteiger partial charge in [0.2, 0.25) is 5.91 Å². The van der Waals surface area contributed by atoms with E-state index in [-0.39, 0.29) is 41.8 Å². The molecule has 0 saturated heterocycles. The molecule has 5 nitrogen and oxygen atoms in total. The van der Waals surface area contributed by atoms with E-state index in [4.69, 9.17) is 0 Å². The molecule has 0 aliphatic carbocycles. The number of amides is 1. The Hall–Kier alpha value is -0.830. The molecule has 1 amide bonds. The van der Waals surface area contributed by atoms with Crippen LogP contribution in [0.15, 0.2) is 33.7 Å². The molecule has 0 saturated carbocycles. The number of aliphatic imine (C=N–C) groups is 1. The Balaban J connectivity index is 0.00000529. The highest BCUT2D eigenvalue weighted by molar-refractivity contribution is 14.0. The summed E-state index contributed by atoms with van der Waals surface area (Å²) < 4.78 is 1.07. The molecular formula is C17H28BrIN4O. The number of benzene rings is 1. The maximum atomic E-state index is 11.7. The summed E-state index contributed by atoms with van der Waals surface area (Å²) in [4.78, 5) is 17.6. The van der Waals surface area contributed by atoms with Crippen LogP contribution in [0.25, 0.3) is 0 Å². The summed E-state index contributed by atoms with van der Waals surface area (Å²) in [5, 5.41) is 6.50. The van der Waals surface area contributed by atoms with Gasteiger partial charge in [0.05, 0.1) is 0 Å². The van der Waals surface area contributed by atoms with Crippen LogP contribution in [0.3, 0.4) is 0 Å². The van der Waals surface area contributed by atoms with Crippen LogP contribution in [-0.2, 0) is 10.2 Å². The van der Waals surface area contributed by atoms with Crippen LogP contribution in [0.1, 0.15) is 26.3 Å². The summed E-state index contributed by atoms with van der Waals surface area (Å²) in [5.41, 5.74) is 1.17. The van der Waals surface area contributed by atoms with Gasteiger partial charge in [-0.3, -0.25) is 4.79 Å². The number of guanidine groups is 1. The molecule has 0 fully saturated rings. The number of nitrogens with one attached hydrogen (secondary N) is 2. The minimum absolute atomic E-state index is 0. The largest absolute Gasteiger partial charge is 0.357 e. The third-order valence-corrected chi connectivity index (χ3v) is 4.01. The molecule has 0 spiro atoms. The number of hydrogen-bond donors (Lipinski definition) is 2. The molecule has 0 aromatic heterocycles. The van der Waals surface area contributed by atoms with Crippen LogP contribution in [0.4, 0.5) is 0 Å². The molecule has 7 heteroatoms. The summed E-state index contributed by atoms with van der Waals surface area (Å²) in [6, 6.07) is 8.30. The Morgan fingerprint density at radius 1 is 1.29 bits per heavy atom. The molecule has 1 rings (SSSR count). The first-order valence-corrected chi connectivity index (χ1v) is 8.54. The molecule has 0 atom stereocenters. The second-order valence-corrected chi connectivity index (χ2v) is 7.15. The summed E-state index contributed by atoms with van der Waals surface area (Å²) in [7, 11) is 3.46. The van der Waals surface area contributed by atoms with Crippen molar-refractivity contribution in [3.05, 3.63) is 34.3 Å². The van der Waals surface area contributed by atoms with Crippen molar-refractivity contribution >= 4 is 51.8 Å². The molecular weight excluding hydrogens is 483 g/mol. The van der Waals surface area contributed by atoms with Gasteiger partial charge in [0, 0.05) is 37.1 Å². The first kappa shape index (κ1) is 23.2. The molecule has 0 heterocycles. The predicted molar refractivity (Wildman–Crippen MR) is 115 cm³/mol. The number of nitrogens with zero attached hydrogens (tertiary/aromatic N) is 2. The Morgan fingerprint density at radius 3 is 2.50 bits per heavy atom.